The highest BCUT2D eigenvalue weighted by Gasteiger charge is 2.25. The monoisotopic (exact) mass is 267 g/mol. The summed E-state index contributed by atoms with van der Waals surface area (Å²) in [6.45, 7) is 7.27. The Kier molecular flexibility index (Phi) is 5.61. The second kappa shape index (κ2) is 6.76. The smallest absolute Gasteiger partial charge is 0.407 e. The number of hydrogen-bond donors (Lipinski definition) is 2. The molecule has 5 heteroatoms. The fourth-order valence-electron chi connectivity index (χ4n) is 2.22. The molecule has 0 aromatic rings. The Morgan fingerprint density at radius 3 is 2.42 bits per heavy atom. The summed E-state index contributed by atoms with van der Waals surface area (Å²) in [6.07, 6.45) is 4.16. The molecule has 0 heterocycles. The first-order valence-electron chi connectivity index (χ1n) is 6.97. The second-order valence-corrected chi connectivity index (χ2v) is 6.19. The van der Waals surface area contributed by atoms with Crippen molar-refractivity contribution in [3.05, 3.63) is 0 Å². The fraction of sp³-hybridized carbons (Fsp3) is 0.857. The predicted molar refractivity (Wildman–Crippen MR) is 73.6 cm³/mol. The van der Waals surface area contributed by atoms with E-state index in [0.717, 1.165) is 12.8 Å². The van der Waals surface area contributed by atoms with E-state index in [2.05, 4.69) is 16.7 Å². The summed E-state index contributed by atoms with van der Waals surface area (Å²) in [5.74, 6) is 0. The molecule has 1 aliphatic rings. The van der Waals surface area contributed by atoms with E-state index in [1.54, 1.807) is 0 Å². The van der Waals surface area contributed by atoms with Crippen LogP contribution in [0.2, 0.25) is 0 Å². The normalized spacial score (nSPS) is 19.5. The van der Waals surface area contributed by atoms with Crippen LogP contribution in [0.5, 0.6) is 0 Å². The van der Waals surface area contributed by atoms with Gasteiger partial charge in [-0.3, -0.25) is 5.32 Å². The van der Waals surface area contributed by atoms with Crippen LogP contribution in [0.15, 0.2) is 0 Å². The van der Waals surface area contributed by atoms with Crippen LogP contribution in [0.4, 0.5) is 4.79 Å². The van der Waals surface area contributed by atoms with Crippen LogP contribution >= 0.6 is 0 Å². The average molecular weight is 267 g/mol. The third kappa shape index (κ3) is 5.93. The molecule has 1 aliphatic carbocycles. The molecule has 0 aliphatic heterocycles. The largest absolute Gasteiger partial charge is 0.444 e. The maximum atomic E-state index is 11.7. The summed E-state index contributed by atoms with van der Waals surface area (Å²) in [5, 5.41) is 15.2. The van der Waals surface area contributed by atoms with E-state index in [1.165, 1.54) is 12.8 Å². The highest BCUT2D eigenvalue weighted by atomic mass is 16.6. The second-order valence-electron chi connectivity index (χ2n) is 6.19. The summed E-state index contributed by atoms with van der Waals surface area (Å²) in [4.78, 5) is 11.7. The average Bonchev–Trinajstić information content (AvgIpc) is 2.75. The van der Waals surface area contributed by atoms with E-state index in [0.29, 0.717) is 6.04 Å². The lowest BCUT2D eigenvalue weighted by molar-refractivity contribution is 0.0502. The highest BCUT2D eigenvalue weighted by molar-refractivity contribution is 5.68. The van der Waals surface area contributed by atoms with Gasteiger partial charge in [-0.05, 0) is 40.5 Å². The topological polar surface area (TPSA) is 74.1 Å². The number of hydrogen-bond acceptors (Lipinski definition) is 4. The number of carbonyl (C=O) groups is 1. The summed E-state index contributed by atoms with van der Waals surface area (Å²) < 4.78 is 5.19. The predicted octanol–water partition coefficient (Wildman–Crippen LogP) is 2.32. The molecule has 1 rings (SSSR count). The van der Waals surface area contributed by atoms with Gasteiger partial charge < -0.3 is 10.1 Å². The minimum atomic E-state index is -0.523. The Hall–Kier alpha value is -1.28. The molecule has 0 spiro atoms. The van der Waals surface area contributed by atoms with Gasteiger partial charge in [0, 0.05) is 6.04 Å². The molecule has 2 N–H and O–H groups in total. The van der Waals surface area contributed by atoms with Gasteiger partial charge in [0.25, 0.3) is 0 Å². The first-order chi connectivity index (χ1) is 8.81. The lowest BCUT2D eigenvalue weighted by Gasteiger charge is -2.26. The van der Waals surface area contributed by atoms with Gasteiger partial charge in [-0.15, -0.1) is 0 Å². The zero-order chi connectivity index (χ0) is 14.5. The van der Waals surface area contributed by atoms with Crippen LogP contribution in [0.3, 0.4) is 0 Å². The SMILES string of the molecule is CC(NC(=O)OC(C)(C)C)C(C#N)NC1CCCC1. The molecule has 2 unspecified atom stereocenters. The molecule has 0 aromatic carbocycles. The van der Waals surface area contributed by atoms with Crippen LogP contribution in [0, 0.1) is 11.3 Å². The molecule has 5 nitrogen and oxygen atoms in total. The number of nitrogens with one attached hydrogen (secondary N) is 2. The summed E-state index contributed by atoms with van der Waals surface area (Å²) >= 11 is 0. The standard InChI is InChI=1S/C14H25N3O2/c1-10(16-13(18)19-14(2,3)4)12(9-15)17-11-7-5-6-8-11/h10-12,17H,5-8H2,1-4H3,(H,16,18). The van der Waals surface area contributed by atoms with Gasteiger partial charge in [-0.2, -0.15) is 5.26 Å². The molecular formula is C14H25N3O2. The molecule has 0 aromatic heterocycles. The summed E-state index contributed by atoms with van der Waals surface area (Å²) in [6, 6.07) is 1.95. The van der Waals surface area contributed by atoms with Crippen molar-refractivity contribution in [3.8, 4) is 6.07 Å². The lowest BCUT2D eigenvalue weighted by atomic mass is 10.1. The molecule has 1 fully saturated rings. The van der Waals surface area contributed by atoms with E-state index < -0.39 is 11.7 Å². The van der Waals surface area contributed by atoms with Crippen LogP contribution in [0.1, 0.15) is 53.4 Å². The third-order valence-electron chi connectivity index (χ3n) is 3.15. The molecule has 0 radical (unpaired) electrons. The zero-order valence-electron chi connectivity index (χ0n) is 12.3. The minimum absolute atomic E-state index is 0.277. The first-order valence-corrected chi connectivity index (χ1v) is 6.97. The summed E-state index contributed by atoms with van der Waals surface area (Å²) in [5.41, 5.74) is -0.523. The van der Waals surface area contributed by atoms with Crippen molar-refractivity contribution in [2.75, 3.05) is 0 Å². The number of alkyl carbamates (subject to hydrolysis) is 1. The molecule has 1 amide bonds. The van der Waals surface area contributed by atoms with E-state index >= 15 is 0 Å². The zero-order valence-corrected chi connectivity index (χ0v) is 12.3. The molecule has 0 bridgehead atoms. The van der Waals surface area contributed by atoms with Gasteiger partial charge in [0.05, 0.1) is 12.1 Å². The first kappa shape index (κ1) is 15.8. The van der Waals surface area contributed by atoms with Gasteiger partial charge in [0.15, 0.2) is 0 Å². The number of carbonyl (C=O) groups excluding carboxylic acids is 1. The van der Waals surface area contributed by atoms with Crippen molar-refractivity contribution in [1.82, 2.24) is 10.6 Å². The number of ether oxygens (including phenoxy) is 1. The van der Waals surface area contributed by atoms with E-state index in [4.69, 9.17) is 4.74 Å². The molecule has 19 heavy (non-hydrogen) atoms. The number of nitrogens with zero attached hydrogens (tertiary/aromatic N) is 1. The molecule has 0 saturated heterocycles. The Balaban J connectivity index is 2.42. The van der Waals surface area contributed by atoms with Crippen molar-refractivity contribution in [2.24, 2.45) is 0 Å². The Morgan fingerprint density at radius 1 is 1.37 bits per heavy atom. The van der Waals surface area contributed by atoms with Crippen LogP contribution in [0.25, 0.3) is 0 Å². The van der Waals surface area contributed by atoms with Gasteiger partial charge in [0.2, 0.25) is 0 Å². The Labute approximate surface area is 115 Å². The molecular weight excluding hydrogens is 242 g/mol. The number of nitriles is 1. The van der Waals surface area contributed by atoms with Crippen LogP contribution in [-0.4, -0.2) is 29.8 Å². The molecule has 1 saturated carbocycles. The molecule has 2 atom stereocenters. The van der Waals surface area contributed by atoms with E-state index in [9.17, 15) is 10.1 Å². The fourth-order valence-corrected chi connectivity index (χ4v) is 2.22. The minimum Gasteiger partial charge on any atom is -0.444 e. The van der Waals surface area contributed by atoms with Gasteiger partial charge >= 0.3 is 6.09 Å². The van der Waals surface area contributed by atoms with Gasteiger partial charge in [-0.25, -0.2) is 4.79 Å². The number of rotatable bonds is 4. The van der Waals surface area contributed by atoms with Gasteiger partial charge in [0.1, 0.15) is 11.6 Å². The van der Waals surface area contributed by atoms with E-state index in [1.807, 2.05) is 27.7 Å². The maximum absolute atomic E-state index is 11.7. The maximum Gasteiger partial charge on any atom is 0.407 e. The van der Waals surface area contributed by atoms with Crippen molar-refractivity contribution >= 4 is 6.09 Å². The third-order valence-corrected chi connectivity index (χ3v) is 3.15. The van der Waals surface area contributed by atoms with Crippen molar-refractivity contribution in [2.45, 2.75) is 77.1 Å². The van der Waals surface area contributed by atoms with Crippen molar-refractivity contribution in [1.29, 1.82) is 5.26 Å². The van der Waals surface area contributed by atoms with Crippen LogP contribution < -0.4 is 10.6 Å². The Morgan fingerprint density at radius 2 is 1.95 bits per heavy atom. The summed E-state index contributed by atoms with van der Waals surface area (Å²) in [7, 11) is 0. The van der Waals surface area contributed by atoms with Gasteiger partial charge in [-0.1, -0.05) is 12.8 Å². The number of amides is 1. The highest BCUT2D eigenvalue weighted by Crippen LogP contribution is 2.18. The molecule has 108 valence electrons. The van der Waals surface area contributed by atoms with Crippen molar-refractivity contribution < 1.29 is 9.53 Å². The Bertz CT molecular complexity index is 338. The van der Waals surface area contributed by atoms with Crippen LogP contribution in [-0.2, 0) is 4.74 Å². The van der Waals surface area contributed by atoms with Crippen molar-refractivity contribution in [3.63, 3.8) is 0 Å². The lowest BCUT2D eigenvalue weighted by Crippen LogP contribution is -2.51. The quantitative estimate of drug-likeness (QED) is 0.819. The van der Waals surface area contributed by atoms with E-state index in [-0.39, 0.29) is 12.1 Å².